The lowest BCUT2D eigenvalue weighted by Crippen LogP contribution is -2.29. The first-order valence-electron chi connectivity index (χ1n) is 10.6. The van der Waals surface area contributed by atoms with Gasteiger partial charge in [0.25, 0.3) is 5.91 Å². The number of amides is 1. The molecule has 2 aliphatic rings. The van der Waals surface area contributed by atoms with Crippen LogP contribution in [0.5, 0.6) is 11.5 Å². The molecule has 1 aliphatic carbocycles. The van der Waals surface area contributed by atoms with Gasteiger partial charge in [0.2, 0.25) is 6.79 Å². The Morgan fingerprint density at radius 1 is 1.13 bits per heavy atom. The van der Waals surface area contributed by atoms with Crippen LogP contribution in [0.3, 0.4) is 0 Å². The van der Waals surface area contributed by atoms with E-state index in [2.05, 4.69) is 23.6 Å². The zero-order valence-corrected chi connectivity index (χ0v) is 18.7. The van der Waals surface area contributed by atoms with Crippen molar-refractivity contribution in [3.8, 4) is 11.5 Å². The number of rotatable bonds is 7. The molecule has 1 fully saturated rings. The molecule has 2 unspecified atom stereocenters. The summed E-state index contributed by atoms with van der Waals surface area (Å²) >= 11 is 0. The number of nitrogens with two attached hydrogens (primary N) is 1. The number of para-hydroxylation sites is 1. The largest absolute Gasteiger partial charge is 0.454 e. The van der Waals surface area contributed by atoms with Crippen molar-refractivity contribution in [3.05, 3.63) is 59.7 Å². The van der Waals surface area contributed by atoms with Crippen molar-refractivity contribution in [2.75, 3.05) is 19.1 Å². The number of nitrogens with one attached hydrogen (secondary N) is 2. The quantitative estimate of drug-likeness (QED) is 0.608. The summed E-state index contributed by atoms with van der Waals surface area (Å²) in [5.41, 5.74) is 1.81. The molecule has 1 amide bonds. The summed E-state index contributed by atoms with van der Waals surface area (Å²) in [4.78, 5) is 11.4. The molecule has 0 radical (unpaired) electrons. The predicted octanol–water partition coefficient (Wildman–Crippen LogP) is 3.05. The van der Waals surface area contributed by atoms with Gasteiger partial charge in [0.05, 0.1) is 16.7 Å². The smallest absolute Gasteiger partial charge is 0.251 e. The maximum Gasteiger partial charge on any atom is 0.251 e. The van der Waals surface area contributed by atoms with Gasteiger partial charge in [-0.15, -0.1) is 0 Å². The summed E-state index contributed by atoms with van der Waals surface area (Å²) < 4.78 is 21.5. The Labute approximate surface area is 186 Å². The first kappa shape index (κ1) is 23.2. The fraction of sp³-hybridized carbons (Fsp3) is 0.435. The third-order valence-electron chi connectivity index (χ3n) is 5.36. The first-order chi connectivity index (χ1) is 15.0. The van der Waals surface area contributed by atoms with E-state index in [9.17, 15) is 9.00 Å². The van der Waals surface area contributed by atoms with E-state index in [0.717, 1.165) is 11.5 Å². The summed E-state index contributed by atoms with van der Waals surface area (Å²) in [5, 5.41) is 11.3. The molecular formula is C23H31N3O4S. The molecule has 0 saturated heterocycles. The highest BCUT2D eigenvalue weighted by Gasteiger charge is 2.23. The van der Waals surface area contributed by atoms with Crippen LogP contribution >= 0.6 is 0 Å². The van der Waals surface area contributed by atoms with Crippen molar-refractivity contribution in [2.24, 2.45) is 5.14 Å². The fourth-order valence-electron chi connectivity index (χ4n) is 3.79. The van der Waals surface area contributed by atoms with Gasteiger partial charge in [-0.25, -0.2) is 4.21 Å². The molecule has 1 aliphatic heterocycles. The summed E-state index contributed by atoms with van der Waals surface area (Å²) in [7, 11) is -1.35. The molecule has 2 aromatic carbocycles. The topological polar surface area (TPSA) is 103 Å². The maximum atomic E-state index is 11.4. The van der Waals surface area contributed by atoms with Gasteiger partial charge >= 0.3 is 0 Å². The third-order valence-corrected chi connectivity index (χ3v) is 5.97. The lowest BCUT2D eigenvalue weighted by atomic mass is 10.1. The van der Waals surface area contributed by atoms with Crippen molar-refractivity contribution in [2.45, 2.75) is 44.7 Å². The first-order valence-corrected chi connectivity index (χ1v) is 12.0. The second-order valence-electron chi connectivity index (χ2n) is 7.66. The Kier molecular flexibility index (Phi) is 8.87. The van der Waals surface area contributed by atoms with Crippen molar-refractivity contribution in [1.29, 1.82) is 0 Å². The van der Waals surface area contributed by atoms with Crippen LogP contribution < -0.4 is 25.2 Å². The van der Waals surface area contributed by atoms with E-state index in [1.54, 1.807) is 24.3 Å². The molecule has 7 nitrogen and oxygen atoms in total. The Morgan fingerprint density at radius 3 is 2.58 bits per heavy atom. The van der Waals surface area contributed by atoms with E-state index in [0.29, 0.717) is 31.0 Å². The number of hydrogen-bond donors (Lipinski definition) is 3. The number of benzene rings is 2. The van der Waals surface area contributed by atoms with E-state index in [4.69, 9.17) is 14.6 Å². The van der Waals surface area contributed by atoms with E-state index < -0.39 is 11.0 Å². The van der Waals surface area contributed by atoms with Crippen LogP contribution in [0, 0.1) is 0 Å². The molecule has 4 N–H and O–H groups in total. The number of fused-ring (bicyclic) bond motifs is 1. The summed E-state index contributed by atoms with van der Waals surface area (Å²) in [6.07, 6.45) is 5.32. The summed E-state index contributed by atoms with van der Waals surface area (Å²) in [5.74, 6) is 1.91. The predicted molar refractivity (Wildman–Crippen MR) is 122 cm³/mol. The molecule has 0 aromatic heterocycles. The average molecular weight is 446 g/mol. The lowest BCUT2D eigenvalue weighted by molar-refractivity contribution is 0.0956. The van der Waals surface area contributed by atoms with Gasteiger partial charge in [0, 0.05) is 29.8 Å². The second kappa shape index (κ2) is 11.8. The average Bonchev–Trinajstić information content (AvgIpc) is 3.46. The Morgan fingerprint density at radius 2 is 1.87 bits per heavy atom. The molecule has 0 bridgehead atoms. The molecular weight excluding hydrogens is 414 g/mol. The minimum atomic E-state index is -1.35. The fourth-order valence-corrected chi connectivity index (χ4v) is 4.09. The van der Waals surface area contributed by atoms with Crippen LogP contribution in [-0.4, -0.2) is 35.2 Å². The van der Waals surface area contributed by atoms with Gasteiger partial charge in [-0.05, 0) is 38.0 Å². The highest BCUT2D eigenvalue weighted by molar-refractivity contribution is 7.82. The SMILES string of the molecule is CC(NC1CCCC1)c1cccc2c1OCO2.NS(=O)CCNC(=O)c1ccccc1. The van der Waals surface area contributed by atoms with E-state index in [-0.39, 0.29) is 11.7 Å². The number of carbonyl (C=O) groups excluding carboxylic acids is 1. The van der Waals surface area contributed by atoms with E-state index in [1.165, 1.54) is 31.2 Å². The zero-order chi connectivity index (χ0) is 22.1. The van der Waals surface area contributed by atoms with Crippen molar-refractivity contribution >= 4 is 16.9 Å². The highest BCUT2D eigenvalue weighted by atomic mass is 32.2. The number of carbonyl (C=O) groups is 1. The van der Waals surface area contributed by atoms with Crippen molar-refractivity contribution in [3.63, 3.8) is 0 Å². The zero-order valence-electron chi connectivity index (χ0n) is 17.8. The standard InChI is InChI=1S/C14H19NO2.C9H12N2O2S/c1-10(15-11-5-2-3-6-11)12-7-4-8-13-14(12)17-9-16-13;10-14(13)7-6-11-9(12)8-4-2-1-3-5-8/h4,7-8,10-11,15H,2-3,5-6,9H2,1H3;1-5H,6-7,10H2,(H,11,12). The van der Waals surface area contributed by atoms with Gasteiger partial charge in [0.15, 0.2) is 11.5 Å². The van der Waals surface area contributed by atoms with Crippen LogP contribution in [0.4, 0.5) is 0 Å². The van der Waals surface area contributed by atoms with Crippen molar-refractivity contribution in [1.82, 2.24) is 10.6 Å². The Hall–Kier alpha value is -2.42. The molecule has 2 aromatic rings. The molecule has 4 rings (SSSR count). The van der Waals surface area contributed by atoms with Gasteiger partial charge < -0.3 is 20.1 Å². The summed E-state index contributed by atoms with van der Waals surface area (Å²) in [6, 6.07) is 16.0. The van der Waals surface area contributed by atoms with Crippen molar-refractivity contribution < 1.29 is 18.5 Å². The number of ether oxygens (including phenoxy) is 2. The highest BCUT2D eigenvalue weighted by Crippen LogP contribution is 2.38. The minimum Gasteiger partial charge on any atom is -0.454 e. The minimum absolute atomic E-state index is 0.170. The van der Waals surface area contributed by atoms with Gasteiger partial charge in [-0.2, -0.15) is 0 Å². The normalized spacial score (nSPS) is 16.8. The molecule has 2 atom stereocenters. The molecule has 1 saturated carbocycles. The van der Waals surface area contributed by atoms with Crippen LogP contribution in [-0.2, 0) is 11.0 Å². The third kappa shape index (κ3) is 7.05. The van der Waals surface area contributed by atoms with Crippen LogP contribution in [0.15, 0.2) is 48.5 Å². The van der Waals surface area contributed by atoms with E-state index in [1.807, 2.05) is 18.2 Å². The van der Waals surface area contributed by atoms with Gasteiger partial charge in [-0.1, -0.05) is 43.2 Å². The van der Waals surface area contributed by atoms with Crippen LogP contribution in [0.25, 0.3) is 0 Å². The van der Waals surface area contributed by atoms with Gasteiger partial charge in [-0.3, -0.25) is 9.93 Å². The lowest BCUT2D eigenvalue weighted by Gasteiger charge is -2.20. The molecule has 31 heavy (non-hydrogen) atoms. The molecule has 168 valence electrons. The Bertz CT molecular complexity index is 872. The second-order valence-corrected chi connectivity index (χ2v) is 8.83. The van der Waals surface area contributed by atoms with E-state index >= 15 is 0 Å². The monoisotopic (exact) mass is 445 g/mol. The van der Waals surface area contributed by atoms with Crippen LogP contribution in [0.1, 0.15) is 54.6 Å². The maximum absolute atomic E-state index is 11.4. The van der Waals surface area contributed by atoms with Gasteiger partial charge in [0.1, 0.15) is 0 Å². The molecule has 1 heterocycles. The van der Waals surface area contributed by atoms with Crippen LogP contribution in [0.2, 0.25) is 0 Å². The molecule has 0 spiro atoms. The Balaban J connectivity index is 0.000000180. The summed E-state index contributed by atoms with van der Waals surface area (Å²) in [6.45, 7) is 2.88. The molecule has 8 heteroatoms. The number of hydrogen-bond acceptors (Lipinski definition) is 5.